The maximum absolute atomic E-state index is 13.0. The fourth-order valence-corrected chi connectivity index (χ4v) is 4.89. The van der Waals surface area contributed by atoms with Crippen LogP contribution in [0.5, 0.6) is 5.75 Å². The average Bonchev–Trinajstić information content (AvgIpc) is 2.85. The van der Waals surface area contributed by atoms with Crippen molar-refractivity contribution in [1.29, 1.82) is 0 Å². The number of urea groups is 1. The topological polar surface area (TPSA) is 41.6 Å². The summed E-state index contributed by atoms with van der Waals surface area (Å²) in [5.41, 5.74) is 6.44. The summed E-state index contributed by atoms with van der Waals surface area (Å²) in [6, 6.07) is 22.8. The first-order valence-electron chi connectivity index (χ1n) is 11.7. The average molecular weight is 427 g/mol. The number of anilines is 2. The summed E-state index contributed by atoms with van der Waals surface area (Å²) in [6.45, 7) is 3.01. The Hall–Kier alpha value is -3.27. The molecule has 0 saturated heterocycles. The predicted octanol–water partition coefficient (Wildman–Crippen LogP) is 7.14. The Kier molecular flexibility index (Phi) is 5.85. The smallest absolute Gasteiger partial charge is 0.326 e. The van der Waals surface area contributed by atoms with Crippen molar-refractivity contribution < 1.29 is 9.53 Å². The van der Waals surface area contributed by atoms with Gasteiger partial charge in [0, 0.05) is 5.69 Å². The molecule has 1 N–H and O–H groups in total. The van der Waals surface area contributed by atoms with Gasteiger partial charge in [0.05, 0.1) is 12.2 Å². The van der Waals surface area contributed by atoms with Crippen molar-refractivity contribution in [1.82, 2.24) is 0 Å². The number of rotatable bonds is 3. The van der Waals surface area contributed by atoms with Gasteiger partial charge < -0.3 is 10.1 Å². The summed E-state index contributed by atoms with van der Waals surface area (Å²) in [7, 11) is 0. The van der Waals surface area contributed by atoms with Crippen LogP contribution in [-0.4, -0.2) is 19.2 Å². The zero-order chi connectivity index (χ0) is 21.9. The maximum atomic E-state index is 13.0. The third kappa shape index (κ3) is 4.22. The molecular formula is C28H30N2O2. The molecule has 3 aromatic rings. The molecule has 164 valence electrons. The van der Waals surface area contributed by atoms with Crippen LogP contribution in [0.2, 0.25) is 0 Å². The van der Waals surface area contributed by atoms with Crippen molar-refractivity contribution in [2.24, 2.45) is 0 Å². The van der Waals surface area contributed by atoms with Crippen LogP contribution >= 0.6 is 0 Å². The lowest BCUT2D eigenvalue weighted by Gasteiger charge is -2.30. The van der Waals surface area contributed by atoms with E-state index >= 15 is 0 Å². The summed E-state index contributed by atoms with van der Waals surface area (Å²) in [6.07, 6.45) is 6.70. The number of carbonyl (C=O) groups excluding carboxylic acids is 1. The fraction of sp³-hybridized carbons (Fsp3) is 0.321. The third-order valence-corrected chi connectivity index (χ3v) is 6.78. The van der Waals surface area contributed by atoms with Gasteiger partial charge in [-0.3, -0.25) is 4.90 Å². The van der Waals surface area contributed by atoms with E-state index in [9.17, 15) is 4.79 Å². The van der Waals surface area contributed by atoms with Crippen LogP contribution in [-0.2, 0) is 0 Å². The van der Waals surface area contributed by atoms with Gasteiger partial charge in [0.1, 0.15) is 12.4 Å². The van der Waals surface area contributed by atoms with E-state index in [4.69, 9.17) is 4.74 Å². The van der Waals surface area contributed by atoms with Crippen molar-refractivity contribution in [3.05, 3.63) is 77.9 Å². The van der Waals surface area contributed by atoms with E-state index in [0.29, 0.717) is 19.1 Å². The highest BCUT2D eigenvalue weighted by molar-refractivity contribution is 6.03. The molecule has 0 unspecified atom stereocenters. The van der Waals surface area contributed by atoms with E-state index in [-0.39, 0.29) is 6.03 Å². The number of benzene rings is 3. The SMILES string of the molecule is Cc1ccccc1NC(=O)N1CCOc2cc(-c3ccc(C4CCCCC4)cc3)ccc21. The highest BCUT2D eigenvalue weighted by atomic mass is 16.5. The largest absolute Gasteiger partial charge is 0.490 e. The molecule has 0 spiro atoms. The second-order valence-corrected chi connectivity index (χ2v) is 8.88. The van der Waals surface area contributed by atoms with Crippen LogP contribution in [0.25, 0.3) is 11.1 Å². The van der Waals surface area contributed by atoms with E-state index in [1.165, 1.54) is 43.2 Å². The standard InChI is InChI=1S/C28H30N2O2/c1-20-7-5-6-10-25(20)29-28(31)30-17-18-32-27-19-24(15-16-26(27)30)23-13-11-22(12-14-23)21-8-3-2-4-9-21/h5-7,10-16,19,21H,2-4,8-9,17-18H2,1H3,(H,29,31). The Labute approximate surface area is 190 Å². The van der Waals surface area contributed by atoms with Crippen LogP contribution in [0.4, 0.5) is 16.2 Å². The first kappa shape index (κ1) is 20.6. The highest BCUT2D eigenvalue weighted by Gasteiger charge is 2.24. The van der Waals surface area contributed by atoms with Crippen LogP contribution < -0.4 is 15.0 Å². The minimum absolute atomic E-state index is 0.131. The lowest BCUT2D eigenvalue weighted by atomic mass is 9.84. The first-order chi connectivity index (χ1) is 15.7. The first-order valence-corrected chi connectivity index (χ1v) is 11.7. The number of ether oxygens (including phenoxy) is 1. The molecule has 1 fully saturated rings. The number of hydrogen-bond donors (Lipinski definition) is 1. The highest BCUT2D eigenvalue weighted by Crippen LogP contribution is 2.37. The van der Waals surface area contributed by atoms with E-state index < -0.39 is 0 Å². The summed E-state index contributed by atoms with van der Waals surface area (Å²) >= 11 is 0. The monoisotopic (exact) mass is 426 g/mol. The second-order valence-electron chi connectivity index (χ2n) is 8.88. The van der Waals surface area contributed by atoms with Crippen molar-refractivity contribution in [2.75, 3.05) is 23.4 Å². The molecule has 1 heterocycles. The fourth-order valence-electron chi connectivity index (χ4n) is 4.89. The molecule has 4 nitrogen and oxygen atoms in total. The predicted molar refractivity (Wildman–Crippen MR) is 131 cm³/mol. The quantitative estimate of drug-likeness (QED) is 0.483. The molecule has 0 bridgehead atoms. The summed E-state index contributed by atoms with van der Waals surface area (Å²) in [5, 5.41) is 3.04. The zero-order valence-corrected chi connectivity index (χ0v) is 18.6. The van der Waals surface area contributed by atoms with E-state index in [1.54, 1.807) is 4.90 Å². The molecule has 0 aromatic heterocycles. The van der Waals surface area contributed by atoms with Crippen molar-refractivity contribution in [3.8, 4) is 16.9 Å². The number of nitrogens with one attached hydrogen (secondary N) is 1. The maximum Gasteiger partial charge on any atom is 0.326 e. The van der Waals surface area contributed by atoms with Gasteiger partial charge in [-0.15, -0.1) is 0 Å². The molecule has 2 aliphatic rings. The van der Waals surface area contributed by atoms with Crippen molar-refractivity contribution in [2.45, 2.75) is 44.9 Å². The zero-order valence-electron chi connectivity index (χ0n) is 18.6. The molecule has 1 aliphatic heterocycles. The van der Waals surface area contributed by atoms with Crippen LogP contribution in [0, 0.1) is 6.92 Å². The van der Waals surface area contributed by atoms with Crippen LogP contribution in [0.15, 0.2) is 66.7 Å². The number of para-hydroxylation sites is 1. The summed E-state index contributed by atoms with van der Waals surface area (Å²) < 4.78 is 5.94. The molecule has 3 aromatic carbocycles. The molecule has 1 saturated carbocycles. The Bertz CT molecular complexity index is 1100. The molecule has 5 rings (SSSR count). The van der Waals surface area contributed by atoms with Gasteiger partial charge in [-0.05, 0) is 66.1 Å². The summed E-state index contributed by atoms with van der Waals surface area (Å²) in [4.78, 5) is 14.7. The van der Waals surface area contributed by atoms with Crippen LogP contribution in [0.3, 0.4) is 0 Å². The number of aryl methyl sites for hydroxylation is 1. The normalized spacial score (nSPS) is 16.2. The minimum Gasteiger partial charge on any atom is -0.490 e. The molecular weight excluding hydrogens is 396 g/mol. The molecule has 1 aliphatic carbocycles. The Morgan fingerprint density at radius 3 is 2.47 bits per heavy atom. The Morgan fingerprint density at radius 1 is 0.938 bits per heavy atom. The Balaban J connectivity index is 1.35. The number of nitrogens with zero attached hydrogens (tertiary/aromatic N) is 1. The van der Waals surface area contributed by atoms with Gasteiger partial charge in [-0.25, -0.2) is 4.79 Å². The van der Waals surface area contributed by atoms with Gasteiger partial charge >= 0.3 is 6.03 Å². The van der Waals surface area contributed by atoms with Gasteiger partial charge in [-0.1, -0.05) is 67.8 Å². The lowest BCUT2D eigenvalue weighted by Crippen LogP contribution is -2.40. The molecule has 2 amide bonds. The van der Waals surface area contributed by atoms with Crippen LogP contribution in [0.1, 0.15) is 49.1 Å². The van der Waals surface area contributed by atoms with E-state index in [1.807, 2.05) is 37.3 Å². The molecule has 0 radical (unpaired) electrons. The molecule has 0 atom stereocenters. The van der Waals surface area contributed by atoms with Gasteiger partial charge in [0.15, 0.2) is 0 Å². The molecule has 32 heavy (non-hydrogen) atoms. The second kappa shape index (κ2) is 9.07. The number of fused-ring (bicyclic) bond motifs is 1. The van der Waals surface area contributed by atoms with Gasteiger partial charge in [0.2, 0.25) is 0 Å². The van der Waals surface area contributed by atoms with Crippen molar-refractivity contribution in [3.63, 3.8) is 0 Å². The summed E-state index contributed by atoms with van der Waals surface area (Å²) in [5.74, 6) is 1.47. The van der Waals surface area contributed by atoms with E-state index in [0.717, 1.165) is 28.3 Å². The van der Waals surface area contributed by atoms with Crippen molar-refractivity contribution >= 4 is 17.4 Å². The number of amides is 2. The number of hydrogen-bond acceptors (Lipinski definition) is 2. The molecule has 4 heteroatoms. The minimum atomic E-state index is -0.131. The number of carbonyl (C=O) groups is 1. The third-order valence-electron chi connectivity index (χ3n) is 6.78. The lowest BCUT2D eigenvalue weighted by molar-refractivity contribution is 0.250. The van der Waals surface area contributed by atoms with E-state index in [2.05, 4.69) is 41.7 Å². The van der Waals surface area contributed by atoms with Gasteiger partial charge in [-0.2, -0.15) is 0 Å². The Morgan fingerprint density at radius 2 is 1.69 bits per heavy atom. The van der Waals surface area contributed by atoms with Gasteiger partial charge in [0.25, 0.3) is 0 Å².